The number of hydrogen-bond acceptors (Lipinski definition) is 4. The molecule has 0 N–H and O–H groups in total. The minimum absolute atomic E-state index is 0.362. The van der Waals surface area contributed by atoms with Crippen molar-refractivity contribution < 1.29 is 9.47 Å². The zero-order chi connectivity index (χ0) is 12.3. The molecule has 0 fully saturated rings. The molecule has 0 amide bonds. The molecule has 0 radical (unpaired) electrons. The van der Waals surface area contributed by atoms with Crippen LogP contribution in [-0.4, -0.2) is 17.1 Å². The third-order valence-electron chi connectivity index (χ3n) is 2.07. The maximum atomic E-state index is 5.81. The van der Waals surface area contributed by atoms with Crippen molar-refractivity contribution in [3.63, 3.8) is 0 Å². The summed E-state index contributed by atoms with van der Waals surface area (Å²) in [6.45, 7) is 1.76. The Hall–Kier alpha value is -1.81. The van der Waals surface area contributed by atoms with Crippen LogP contribution in [0.3, 0.4) is 0 Å². The van der Waals surface area contributed by atoms with Gasteiger partial charge in [-0.2, -0.15) is 4.98 Å². The minimum atomic E-state index is 0.362. The van der Waals surface area contributed by atoms with Crippen molar-refractivity contribution in [2.75, 3.05) is 7.11 Å². The van der Waals surface area contributed by atoms with Crippen molar-refractivity contribution in [3.8, 4) is 17.4 Å². The molecule has 1 aromatic heterocycles. The lowest BCUT2D eigenvalue weighted by Crippen LogP contribution is -1.93. The SMILES string of the molecule is COc1ccc(Oc2cc(Cl)nc(C)n2)cc1. The van der Waals surface area contributed by atoms with Crippen LogP contribution in [-0.2, 0) is 0 Å². The largest absolute Gasteiger partial charge is 0.497 e. The topological polar surface area (TPSA) is 44.2 Å². The Morgan fingerprint density at radius 1 is 1.06 bits per heavy atom. The number of ether oxygens (including phenoxy) is 2. The molecule has 5 heteroatoms. The van der Waals surface area contributed by atoms with E-state index >= 15 is 0 Å². The number of aromatic nitrogens is 2. The Morgan fingerprint density at radius 3 is 2.29 bits per heavy atom. The molecule has 0 atom stereocenters. The number of nitrogens with zero attached hydrogens (tertiary/aromatic N) is 2. The normalized spacial score (nSPS) is 10.1. The van der Waals surface area contributed by atoms with Crippen LogP contribution in [0.4, 0.5) is 0 Å². The van der Waals surface area contributed by atoms with E-state index < -0.39 is 0 Å². The predicted octanol–water partition coefficient (Wildman–Crippen LogP) is 3.24. The Morgan fingerprint density at radius 2 is 1.71 bits per heavy atom. The Kier molecular flexibility index (Phi) is 3.44. The summed E-state index contributed by atoms with van der Waals surface area (Å²) in [6.07, 6.45) is 0. The second kappa shape index (κ2) is 5.01. The zero-order valence-electron chi connectivity index (χ0n) is 9.48. The standard InChI is InChI=1S/C12H11ClN2O2/c1-8-14-11(13)7-12(15-8)17-10-5-3-9(16-2)4-6-10/h3-7H,1-2H3. The van der Waals surface area contributed by atoms with Crippen molar-refractivity contribution in [1.29, 1.82) is 0 Å². The van der Waals surface area contributed by atoms with Gasteiger partial charge in [0, 0.05) is 6.07 Å². The van der Waals surface area contributed by atoms with E-state index in [0.717, 1.165) is 5.75 Å². The van der Waals surface area contributed by atoms with Gasteiger partial charge in [-0.05, 0) is 31.2 Å². The Labute approximate surface area is 104 Å². The summed E-state index contributed by atoms with van der Waals surface area (Å²) in [4.78, 5) is 8.08. The van der Waals surface area contributed by atoms with Crippen LogP contribution >= 0.6 is 11.6 Å². The Bertz CT molecular complexity index is 494. The average Bonchev–Trinajstić information content (AvgIpc) is 2.28. The fourth-order valence-electron chi connectivity index (χ4n) is 1.32. The minimum Gasteiger partial charge on any atom is -0.497 e. The third-order valence-corrected chi connectivity index (χ3v) is 2.26. The quantitative estimate of drug-likeness (QED) is 0.785. The first-order chi connectivity index (χ1) is 8.17. The summed E-state index contributed by atoms with van der Waals surface area (Å²) in [5.74, 6) is 2.43. The first kappa shape index (κ1) is 11.7. The molecule has 88 valence electrons. The monoisotopic (exact) mass is 250 g/mol. The lowest BCUT2D eigenvalue weighted by molar-refractivity contribution is 0.412. The van der Waals surface area contributed by atoms with Crippen LogP contribution in [0.1, 0.15) is 5.82 Å². The van der Waals surface area contributed by atoms with E-state index in [0.29, 0.717) is 22.6 Å². The molecule has 0 saturated carbocycles. The summed E-state index contributed by atoms with van der Waals surface area (Å²) in [5, 5.41) is 0.362. The van der Waals surface area contributed by atoms with Crippen LogP contribution in [0.2, 0.25) is 5.15 Å². The van der Waals surface area contributed by atoms with Crippen LogP contribution < -0.4 is 9.47 Å². The number of benzene rings is 1. The molecule has 1 aromatic carbocycles. The van der Waals surface area contributed by atoms with Crippen molar-refractivity contribution in [1.82, 2.24) is 9.97 Å². The van der Waals surface area contributed by atoms with E-state index in [1.165, 1.54) is 0 Å². The molecule has 0 aliphatic heterocycles. The number of aryl methyl sites for hydroxylation is 1. The number of methoxy groups -OCH3 is 1. The highest BCUT2D eigenvalue weighted by atomic mass is 35.5. The van der Waals surface area contributed by atoms with Gasteiger partial charge in [-0.15, -0.1) is 0 Å². The molecule has 2 aromatic rings. The van der Waals surface area contributed by atoms with Gasteiger partial charge >= 0.3 is 0 Å². The average molecular weight is 251 g/mol. The first-order valence-electron chi connectivity index (χ1n) is 5.00. The molecular weight excluding hydrogens is 240 g/mol. The highest BCUT2D eigenvalue weighted by molar-refractivity contribution is 6.29. The second-order valence-electron chi connectivity index (χ2n) is 3.35. The highest BCUT2D eigenvalue weighted by Crippen LogP contribution is 2.23. The summed E-state index contributed by atoms with van der Waals surface area (Å²) in [7, 11) is 1.61. The van der Waals surface area contributed by atoms with Crippen molar-refractivity contribution in [2.24, 2.45) is 0 Å². The van der Waals surface area contributed by atoms with Gasteiger partial charge < -0.3 is 9.47 Å². The summed E-state index contributed by atoms with van der Waals surface area (Å²) < 4.78 is 10.6. The van der Waals surface area contributed by atoms with Gasteiger partial charge in [0.15, 0.2) is 0 Å². The second-order valence-corrected chi connectivity index (χ2v) is 3.74. The molecule has 2 rings (SSSR count). The van der Waals surface area contributed by atoms with Gasteiger partial charge in [0.05, 0.1) is 7.11 Å². The van der Waals surface area contributed by atoms with Gasteiger partial charge in [-0.1, -0.05) is 11.6 Å². The van der Waals surface area contributed by atoms with Crippen LogP contribution in [0, 0.1) is 6.92 Å². The molecule has 1 heterocycles. The summed E-state index contributed by atoms with van der Waals surface area (Å²) in [5.41, 5.74) is 0. The smallest absolute Gasteiger partial charge is 0.224 e. The van der Waals surface area contributed by atoms with E-state index in [1.54, 1.807) is 32.2 Å². The molecular formula is C12H11ClN2O2. The first-order valence-corrected chi connectivity index (χ1v) is 5.38. The Balaban J connectivity index is 2.19. The summed E-state index contributed by atoms with van der Waals surface area (Å²) in [6, 6.07) is 8.78. The maximum absolute atomic E-state index is 5.81. The third kappa shape index (κ3) is 3.07. The van der Waals surface area contributed by atoms with E-state index in [9.17, 15) is 0 Å². The van der Waals surface area contributed by atoms with Crippen molar-refractivity contribution in [2.45, 2.75) is 6.92 Å². The zero-order valence-corrected chi connectivity index (χ0v) is 10.2. The fourth-order valence-corrected chi connectivity index (χ4v) is 1.54. The maximum Gasteiger partial charge on any atom is 0.224 e. The van der Waals surface area contributed by atoms with Crippen LogP contribution in [0.5, 0.6) is 17.4 Å². The van der Waals surface area contributed by atoms with E-state index in [2.05, 4.69) is 9.97 Å². The molecule has 0 bridgehead atoms. The molecule has 0 aliphatic carbocycles. The molecule has 4 nitrogen and oxygen atoms in total. The number of hydrogen-bond donors (Lipinski definition) is 0. The van der Waals surface area contributed by atoms with Gasteiger partial charge in [0.25, 0.3) is 0 Å². The number of rotatable bonds is 3. The predicted molar refractivity (Wildman–Crippen MR) is 64.8 cm³/mol. The van der Waals surface area contributed by atoms with Crippen molar-refractivity contribution in [3.05, 3.63) is 41.3 Å². The molecule has 0 unspecified atom stereocenters. The van der Waals surface area contributed by atoms with E-state index in [1.807, 2.05) is 12.1 Å². The lowest BCUT2D eigenvalue weighted by Gasteiger charge is -2.06. The molecule has 0 aliphatic rings. The van der Waals surface area contributed by atoms with Crippen molar-refractivity contribution >= 4 is 11.6 Å². The van der Waals surface area contributed by atoms with Gasteiger partial charge in [0.2, 0.25) is 5.88 Å². The molecule has 17 heavy (non-hydrogen) atoms. The lowest BCUT2D eigenvalue weighted by atomic mass is 10.3. The van der Waals surface area contributed by atoms with Gasteiger partial charge in [0.1, 0.15) is 22.5 Å². The van der Waals surface area contributed by atoms with Crippen LogP contribution in [0.15, 0.2) is 30.3 Å². The highest BCUT2D eigenvalue weighted by Gasteiger charge is 2.02. The van der Waals surface area contributed by atoms with E-state index in [-0.39, 0.29) is 0 Å². The van der Waals surface area contributed by atoms with Gasteiger partial charge in [-0.25, -0.2) is 4.98 Å². The molecule has 0 saturated heterocycles. The van der Waals surface area contributed by atoms with Gasteiger partial charge in [-0.3, -0.25) is 0 Å². The summed E-state index contributed by atoms with van der Waals surface area (Å²) >= 11 is 5.81. The number of halogens is 1. The fraction of sp³-hybridized carbons (Fsp3) is 0.167. The van der Waals surface area contributed by atoms with Crippen LogP contribution in [0.25, 0.3) is 0 Å². The van der Waals surface area contributed by atoms with E-state index in [4.69, 9.17) is 21.1 Å². The molecule has 0 spiro atoms.